The van der Waals surface area contributed by atoms with Gasteiger partial charge >= 0.3 is 0 Å². The molecule has 1 aromatic carbocycles. The minimum Gasteiger partial charge on any atom is -0.351 e. The molecule has 0 saturated heterocycles. The van der Waals surface area contributed by atoms with Crippen molar-refractivity contribution in [2.75, 3.05) is 13.1 Å². The first-order valence-corrected chi connectivity index (χ1v) is 9.17. The van der Waals surface area contributed by atoms with Gasteiger partial charge in [0.1, 0.15) is 0 Å². The van der Waals surface area contributed by atoms with Crippen LogP contribution in [0.3, 0.4) is 0 Å². The number of fused-ring (bicyclic) bond motifs is 1. The molecule has 0 fully saturated rings. The van der Waals surface area contributed by atoms with Crippen molar-refractivity contribution < 1.29 is 9.59 Å². The number of benzene rings is 1. The van der Waals surface area contributed by atoms with Crippen LogP contribution in [0.15, 0.2) is 49.3 Å². The molecule has 1 aromatic heterocycles. The Morgan fingerprint density at radius 1 is 1.26 bits per heavy atom. The highest BCUT2D eigenvalue weighted by Crippen LogP contribution is 2.25. The third-order valence-electron chi connectivity index (χ3n) is 4.53. The fourth-order valence-corrected chi connectivity index (χ4v) is 3.43. The van der Waals surface area contributed by atoms with E-state index in [2.05, 4.69) is 21.9 Å². The molecule has 2 amide bonds. The molecular weight excluding hydrogens is 364 g/mol. The molecule has 6 nitrogen and oxygen atoms in total. The van der Waals surface area contributed by atoms with Crippen molar-refractivity contribution in [3.63, 3.8) is 0 Å². The summed E-state index contributed by atoms with van der Waals surface area (Å²) in [6.45, 7) is 4.62. The Morgan fingerprint density at radius 3 is 2.59 bits per heavy atom. The maximum absolute atomic E-state index is 13.2. The van der Waals surface area contributed by atoms with Crippen LogP contribution < -0.4 is 5.32 Å². The summed E-state index contributed by atoms with van der Waals surface area (Å²) in [7, 11) is 0. The highest BCUT2D eigenvalue weighted by molar-refractivity contribution is 6.30. The maximum Gasteiger partial charge on any atom is 0.243 e. The van der Waals surface area contributed by atoms with E-state index in [0.29, 0.717) is 37.5 Å². The van der Waals surface area contributed by atoms with Gasteiger partial charge in [0.05, 0.1) is 11.4 Å². The topological polar surface area (TPSA) is 75.2 Å². The Morgan fingerprint density at radius 2 is 1.96 bits per heavy atom. The van der Waals surface area contributed by atoms with E-state index in [-0.39, 0.29) is 17.7 Å². The molecule has 7 heteroatoms. The Hall–Kier alpha value is -2.73. The number of nitrogens with zero attached hydrogens (tertiary/aromatic N) is 3. The summed E-state index contributed by atoms with van der Waals surface area (Å²) in [5.74, 6) is -0.411. The van der Waals surface area contributed by atoms with Crippen molar-refractivity contribution in [3.05, 3.63) is 71.3 Å². The average molecular weight is 385 g/mol. The zero-order valence-corrected chi connectivity index (χ0v) is 15.7. The molecule has 0 unspecified atom stereocenters. The molecule has 0 bridgehead atoms. The lowest BCUT2D eigenvalue weighted by Crippen LogP contribution is -2.41. The fraction of sp³-hybridized carbons (Fsp3) is 0.300. The molecule has 3 rings (SSSR count). The first kappa shape index (κ1) is 19.0. The zero-order valence-electron chi connectivity index (χ0n) is 14.9. The lowest BCUT2D eigenvalue weighted by Gasteiger charge is -2.26. The smallest absolute Gasteiger partial charge is 0.243 e. The summed E-state index contributed by atoms with van der Waals surface area (Å²) in [5, 5.41) is 3.35. The second-order valence-corrected chi connectivity index (χ2v) is 6.88. The van der Waals surface area contributed by atoms with Crippen LogP contribution in [-0.4, -0.2) is 39.8 Å². The van der Waals surface area contributed by atoms with Crippen LogP contribution in [0.1, 0.15) is 17.0 Å². The molecule has 0 spiro atoms. The molecule has 27 heavy (non-hydrogen) atoms. The number of halogens is 1. The van der Waals surface area contributed by atoms with Crippen molar-refractivity contribution >= 4 is 23.4 Å². The molecule has 1 heterocycles. The van der Waals surface area contributed by atoms with Gasteiger partial charge in [-0.3, -0.25) is 19.6 Å². The number of hydrogen-bond donors (Lipinski definition) is 1. The van der Waals surface area contributed by atoms with Gasteiger partial charge in [-0.15, -0.1) is 0 Å². The van der Waals surface area contributed by atoms with Crippen LogP contribution in [0.5, 0.6) is 0 Å². The van der Waals surface area contributed by atoms with Gasteiger partial charge in [0.2, 0.25) is 11.8 Å². The van der Waals surface area contributed by atoms with E-state index < -0.39 is 0 Å². The van der Waals surface area contributed by atoms with Crippen molar-refractivity contribution in [1.82, 2.24) is 20.2 Å². The van der Waals surface area contributed by atoms with Crippen LogP contribution in [-0.2, 0) is 29.0 Å². The van der Waals surface area contributed by atoms with Crippen LogP contribution in [0, 0.1) is 5.92 Å². The van der Waals surface area contributed by atoms with Crippen molar-refractivity contribution in [3.8, 4) is 0 Å². The lowest BCUT2D eigenvalue weighted by atomic mass is 10.0. The summed E-state index contributed by atoms with van der Waals surface area (Å²) in [6.07, 6.45) is 5.70. The highest BCUT2D eigenvalue weighted by Gasteiger charge is 2.32. The van der Waals surface area contributed by atoms with Crippen LogP contribution >= 0.6 is 11.6 Å². The van der Waals surface area contributed by atoms with Gasteiger partial charge in [0.25, 0.3) is 0 Å². The number of hydrogen-bond acceptors (Lipinski definition) is 4. The van der Waals surface area contributed by atoms with E-state index in [1.165, 1.54) is 6.08 Å². The first-order valence-electron chi connectivity index (χ1n) is 8.79. The zero-order chi connectivity index (χ0) is 19.2. The molecular formula is C20H21ClN4O2. The molecule has 0 aliphatic heterocycles. The molecule has 2 aromatic rings. The highest BCUT2D eigenvalue weighted by atomic mass is 35.5. The Bertz CT molecular complexity index is 830. The molecule has 0 saturated carbocycles. The summed E-state index contributed by atoms with van der Waals surface area (Å²) < 4.78 is 0. The third-order valence-corrected chi connectivity index (χ3v) is 4.76. The van der Waals surface area contributed by atoms with Gasteiger partial charge in [-0.2, -0.15) is 0 Å². The molecule has 1 N–H and O–H groups in total. The summed E-state index contributed by atoms with van der Waals surface area (Å²) in [5.41, 5.74) is 2.72. The molecule has 0 radical (unpaired) electrons. The van der Waals surface area contributed by atoms with E-state index in [4.69, 9.17) is 11.6 Å². The van der Waals surface area contributed by atoms with E-state index in [1.54, 1.807) is 23.4 Å². The summed E-state index contributed by atoms with van der Waals surface area (Å²) >= 11 is 6.07. The summed E-state index contributed by atoms with van der Waals surface area (Å²) in [4.78, 5) is 35.0. The SMILES string of the molecule is C=CC(=O)NCCN(Cc1cccc(Cl)c1)C(=O)C1Cc2nccnc2C1. The Labute approximate surface area is 163 Å². The Balaban J connectivity index is 1.71. The number of rotatable bonds is 7. The van der Waals surface area contributed by atoms with Gasteiger partial charge in [-0.05, 0) is 23.8 Å². The van der Waals surface area contributed by atoms with E-state index in [9.17, 15) is 9.59 Å². The number of aromatic nitrogens is 2. The van der Waals surface area contributed by atoms with Gasteiger partial charge in [0, 0.05) is 55.8 Å². The predicted molar refractivity (Wildman–Crippen MR) is 103 cm³/mol. The number of carbonyl (C=O) groups excluding carboxylic acids is 2. The molecule has 1 aliphatic carbocycles. The standard InChI is InChI=1S/C20H21ClN4O2/c1-2-19(26)24-8-9-25(13-14-4-3-5-16(21)10-14)20(27)15-11-17-18(12-15)23-7-6-22-17/h2-7,10,15H,1,8-9,11-13H2,(H,24,26). The minimum absolute atomic E-state index is 0.0302. The largest absolute Gasteiger partial charge is 0.351 e. The monoisotopic (exact) mass is 384 g/mol. The first-order chi connectivity index (χ1) is 13.1. The van der Waals surface area contributed by atoms with Gasteiger partial charge in [-0.25, -0.2) is 0 Å². The minimum atomic E-state index is -0.258. The molecule has 1 aliphatic rings. The average Bonchev–Trinajstić information content (AvgIpc) is 3.10. The van der Waals surface area contributed by atoms with Gasteiger partial charge in [-0.1, -0.05) is 30.3 Å². The quantitative estimate of drug-likeness (QED) is 0.742. The number of amides is 2. The normalized spacial score (nSPS) is 13.1. The van der Waals surface area contributed by atoms with Crippen molar-refractivity contribution in [2.45, 2.75) is 19.4 Å². The fourth-order valence-electron chi connectivity index (χ4n) is 3.22. The predicted octanol–water partition coefficient (Wildman–Crippen LogP) is 2.18. The van der Waals surface area contributed by atoms with E-state index in [1.807, 2.05) is 18.2 Å². The van der Waals surface area contributed by atoms with Crippen molar-refractivity contribution in [1.29, 1.82) is 0 Å². The van der Waals surface area contributed by atoms with Crippen LogP contribution in [0.4, 0.5) is 0 Å². The second kappa shape index (κ2) is 8.77. The molecule has 140 valence electrons. The van der Waals surface area contributed by atoms with Gasteiger partial charge in [0.15, 0.2) is 0 Å². The lowest BCUT2D eigenvalue weighted by molar-refractivity contribution is -0.136. The maximum atomic E-state index is 13.2. The number of nitrogens with one attached hydrogen (secondary N) is 1. The third kappa shape index (κ3) is 4.92. The van der Waals surface area contributed by atoms with Crippen LogP contribution in [0.2, 0.25) is 5.02 Å². The Kier molecular flexibility index (Phi) is 6.19. The number of carbonyl (C=O) groups is 2. The van der Waals surface area contributed by atoms with E-state index >= 15 is 0 Å². The summed E-state index contributed by atoms with van der Waals surface area (Å²) in [6, 6.07) is 7.43. The van der Waals surface area contributed by atoms with E-state index in [0.717, 1.165) is 17.0 Å². The second-order valence-electron chi connectivity index (χ2n) is 6.44. The molecule has 0 atom stereocenters. The van der Waals surface area contributed by atoms with Crippen molar-refractivity contribution in [2.24, 2.45) is 5.92 Å². The van der Waals surface area contributed by atoms with Gasteiger partial charge < -0.3 is 10.2 Å². The van der Waals surface area contributed by atoms with Crippen LogP contribution in [0.25, 0.3) is 0 Å².